The van der Waals surface area contributed by atoms with Crippen LogP contribution in [0.2, 0.25) is 0 Å². The molecule has 4 aromatic rings. The zero-order valence-corrected chi connectivity index (χ0v) is 22.9. The van der Waals surface area contributed by atoms with Crippen LogP contribution in [0.25, 0.3) is 32.2 Å². The van der Waals surface area contributed by atoms with Gasteiger partial charge in [0.2, 0.25) is 5.95 Å². The van der Waals surface area contributed by atoms with Crippen LogP contribution in [0, 0.1) is 28.9 Å². The second kappa shape index (κ2) is 10.3. The number of hydrogen-bond donors (Lipinski definition) is 1. The lowest BCUT2D eigenvalue weighted by molar-refractivity contribution is 0.135. The highest BCUT2D eigenvalue weighted by Gasteiger charge is 2.34. The number of hydrogen-bond acceptors (Lipinski definition) is 8. The Kier molecular flexibility index (Phi) is 6.81. The van der Waals surface area contributed by atoms with E-state index in [1.54, 1.807) is 6.20 Å². The van der Waals surface area contributed by atoms with Crippen molar-refractivity contribution in [3.8, 4) is 17.3 Å². The predicted molar refractivity (Wildman–Crippen MR) is 149 cm³/mol. The normalized spacial score (nSPS) is 18.8. The third-order valence-electron chi connectivity index (χ3n) is 8.23. The van der Waals surface area contributed by atoms with Crippen LogP contribution in [0.1, 0.15) is 69.1 Å². The molecule has 0 saturated carbocycles. The first-order valence-electron chi connectivity index (χ1n) is 13.6. The fourth-order valence-corrected chi connectivity index (χ4v) is 7.08. The van der Waals surface area contributed by atoms with Crippen molar-refractivity contribution >= 4 is 43.3 Å². The lowest BCUT2D eigenvalue weighted by Crippen LogP contribution is -2.33. The van der Waals surface area contributed by atoms with Gasteiger partial charge in [0.05, 0.1) is 35.4 Å². The lowest BCUT2D eigenvalue weighted by Gasteiger charge is -2.27. The van der Waals surface area contributed by atoms with Crippen LogP contribution in [0.4, 0.5) is 19.7 Å². The molecule has 2 atom stereocenters. The lowest BCUT2D eigenvalue weighted by atomic mass is 9.94. The van der Waals surface area contributed by atoms with Crippen LogP contribution in [0.3, 0.4) is 0 Å². The predicted octanol–water partition coefficient (Wildman–Crippen LogP) is 6.85. The van der Waals surface area contributed by atoms with Gasteiger partial charge < -0.3 is 15.4 Å². The molecule has 10 heteroatoms. The number of pyridine rings is 1. The topological polar surface area (TPSA) is 101 Å². The summed E-state index contributed by atoms with van der Waals surface area (Å²) < 4.78 is 37.2. The Morgan fingerprint density at radius 1 is 1.18 bits per heavy atom. The molecule has 0 radical (unpaired) electrons. The van der Waals surface area contributed by atoms with Crippen LogP contribution in [0.5, 0.6) is 0 Å². The number of nitrogen functional groups attached to an aromatic ring is 1. The maximum Gasteiger partial charge on any atom is 0.226 e. The molecule has 0 bridgehead atoms. The number of fused-ring (bicyclic) bond motifs is 4. The summed E-state index contributed by atoms with van der Waals surface area (Å²) in [5, 5.41) is 10.8. The SMILES string of the molecule is CCCCCCC1C(C)CCN1c1ncc2c3c(c(-c4ncc(F)c5sc(N)c(C#N)c45)c(F)c2n1)COC3. The number of nitrogens with two attached hydrogens (primary N) is 1. The fraction of sp³-hybridized carbons (Fsp3) is 0.448. The molecule has 5 heterocycles. The summed E-state index contributed by atoms with van der Waals surface area (Å²) in [5.74, 6) is -0.145. The minimum absolute atomic E-state index is 0.101. The number of nitrogens with zero attached hydrogens (tertiary/aromatic N) is 5. The van der Waals surface area contributed by atoms with Gasteiger partial charge in [0, 0.05) is 35.1 Å². The zero-order valence-electron chi connectivity index (χ0n) is 22.1. The van der Waals surface area contributed by atoms with E-state index in [0.717, 1.165) is 48.9 Å². The molecular formula is C29H30F2N6OS. The Morgan fingerprint density at radius 3 is 2.79 bits per heavy atom. The molecule has 0 aliphatic carbocycles. The van der Waals surface area contributed by atoms with E-state index in [0.29, 0.717) is 28.9 Å². The van der Waals surface area contributed by atoms with Crippen molar-refractivity contribution in [2.24, 2.45) is 5.92 Å². The minimum atomic E-state index is -0.598. The smallest absolute Gasteiger partial charge is 0.226 e. The molecule has 202 valence electrons. The quantitative estimate of drug-likeness (QED) is 0.252. The van der Waals surface area contributed by atoms with Crippen LogP contribution < -0.4 is 10.6 Å². The second-order valence-corrected chi connectivity index (χ2v) is 11.6. The van der Waals surface area contributed by atoms with E-state index in [2.05, 4.69) is 29.8 Å². The number of thiophene rings is 1. The van der Waals surface area contributed by atoms with Crippen molar-refractivity contribution < 1.29 is 13.5 Å². The number of aromatic nitrogens is 3. The van der Waals surface area contributed by atoms with E-state index in [9.17, 15) is 9.65 Å². The van der Waals surface area contributed by atoms with Crippen LogP contribution in [-0.2, 0) is 18.0 Å². The Bertz CT molecular complexity index is 1630. The van der Waals surface area contributed by atoms with Gasteiger partial charge in [-0.2, -0.15) is 5.26 Å². The monoisotopic (exact) mass is 548 g/mol. The molecule has 0 spiro atoms. The molecule has 6 rings (SSSR count). The van der Waals surface area contributed by atoms with Gasteiger partial charge in [-0.05, 0) is 29.9 Å². The van der Waals surface area contributed by atoms with E-state index in [-0.39, 0.29) is 50.6 Å². The molecule has 3 aromatic heterocycles. The summed E-state index contributed by atoms with van der Waals surface area (Å²) >= 11 is 0.965. The Labute approximate surface area is 229 Å². The van der Waals surface area contributed by atoms with Gasteiger partial charge in [0.25, 0.3) is 0 Å². The number of ether oxygens (including phenoxy) is 1. The standard InChI is InChI=1S/C29H30F2N6OS/c1-3-4-5-6-7-21-15(2)8-9-37(21)29-35-11-17-18-13-38-14-19(18)22(24(31)25(17)36-29)26-23-16(10-32)28(33)39-27(23)20(30)12-34-26/h11-12,15,21H,3-9,13-14,33H2,1-2H3. The average molecular weight is 549 g/mol. The third-order valence-corrected chi connectivity index (χ3v) is 9.25. The first-order valence-corrected chi connectivity index (χ1v) is 14.4. The summed E-state index contributed by atoms with van der Waals surface area (Å²) in [6.07, 6.45) is 9.62. The van der Waals surface area contributed by atoms with Crippen LogP contribution in [0.15, 0.2) is 12.4 Å². The van der Waals surface area contributed by atoms with Gasteiger partial charge >= 0.3 is 0 Å². The van der Waals surface area contributed by atoms with Crippen molar-refractivity contribution in [2.75, 3.05) is 17.2 Å². The van der Waals surface area contributed by atoms with Crippen molar-refractivity contribution in [3.05, 3.63) is 40.7 Å². The summed E-state index contributed by atoms with van der Waals surface area (Å²) in [6.45, 7) is 5.75. The van der Waals surface area contributed by atoms with Crippen molar-refractivity contribution in [1.82, 2.24) is 15.0 Å². The van der Waals surface area contributed by atoms with Gasteiger partial charge in [0.1, 0.15) is 16.6 Å². The van der Waals surface area contributed by atoms with E-state index in [4.69, 9.17) is 20.4 Å². The number of unbranched alkanes of at least 4 members (excludes halogenated alkanes) is 3. The first kappa shape index (κ1) is 25.8. The third kappa shape index (κ3) is 4.19. The number of halogens is 2. The average Bonchev–Trinajstić information content (AvgIpc) is 3.65. The van der Waals surface area contributed by atoms with E-state index in [1.165, 1.54) is 19.3 Å². The van der Waals surface area contributed by atoms with Crippen molar-refractivity contribution in [1.29, 1.82) is 5.26 Å². The molecule has 7 nitrogen and oxygen atoms in total. The summed E-state index contributed by atoms with van der Waals surface area (Å²) in [6, 6.07) is 2.36. The number of anilines is 2. The molecule has 2 N–H and O–H groups in total. The Balaban J connectivity index is 1.51. The van der Waals surface area contributed by atoms with Gasteiger partial charge in [-0.3, -0.25) is 4.98 Å². The number of nitriles is 1. The summed E-state index contributed by atoms with van der Waals surface area (Å²) in [7, 11) is 0. The Hall–Kier alpha value is -3.42. The van der Waals surface area contributed by atoms with Gasteiger partial charge in [-0.25, -0.2) is 18.7 Å². The fourth-order valence-electron chi connectivity index (χ4n) is 6.15. The van der Waals surface area contributed by atoms with E-state index >= 15 is 4.39 Å². The molecule has 2 unspecified atom stereocenters. The molecule has 2 aliphatic heterocycles. The molecule has 1 fully saturated rings. The molecule has 0 amide bonds. The van der Waals surface area contributed by atoms with Crippen LogP contribution in [-0.4, -0.2) is 27.5 Å². The number of benzene rings is 1. The highest BCUT2D eigenvalue weighted by atomic mass is 32.1. The largest absolute Gasteiger partial charge is 0.389 e. The van der Waals surface area contributed by atoms with Crippen LogP contribution >= 0.6 is 11.3 Å². The molecule has 1 saturated heterocycles. The molecule has 2 aliphatic rings. The molecular weight excluding hydrogens is 518 g/mol. The van der Waals surface area contributed by atoms with Crippen molar-refractivity contribution in [2.45, 2.75) is 71.6 Å². The zero-order chi connectivity index (χ0) is 27.3. The summed E-state index contributed by atoms with van der Waals surface area (Å²) in [5.41, 5.74) is 8.11. The highest BCUT2D eigenvalue weighted by Crippen LogP contribution is 2.45. The van der Waals surface area contributed by atoms with Crippen molar-refractivity contribution in [3.63, 3.8) is 0 Å². The molecule has 39 heavy (non-hydrogen) atoms. The highest BCUT2D eigenvalue weighted by molar-refractivity contribution is 7.23. The maximum atomic E-state index is 16.6. The van der Waals surface area contributed by atoms with Gasteiger partial charge in [-0.15, -0.1) is 11.3 Å². The summed E-state index contributed by atoms with van der Waals surface area (Å²) in [4.78, 5) is 16.0. The maximum absolute atomic E-state index is 16.6. The minimum Gasteiger partial charge on any atom is -0.389 e. The Morgan fingerprint density at radius 2 is 2.00 bits per heavy atom. The second-order valence-electron chi connectivity index (χ2n) is 10.6. The molecule has 1 aromatic carbocycles. The van der Waals surface area contributed by atoms with Gasteiger partial charge in [-0.1, -0.05) is 39.5 Å². The van der Waals surface area contributed by atoms with Gasteiger partial charge in [0.15, 0.2) is 11.6 Å². The van der Waals surface area contributed by atoms with E-state index in [1.807, 2.05) is 0 Å². The first-order chi connectivity index (χ1) is 18.9. The number of rotatable bonds is 7. The van der Waals surface area contributed by atoms with E-state index < -0.39 is 11.6 Å².